The van der Waals surface area contributed by atoms with Gasteiger partial charge < -0.3 is 4.90 Å². The van der Waals surface area contributed by atoms with Crippen LogP contribution in [0, 0.1) is 6.92 Å². The molecule has 1 fully saturated rings. The second-order valence-electron chi connectivity index (χ2n) is 6.24. The van der Waals surface area contributed by atoms with Crippen LogP contribution in [0.5, 0.6) is 0 Å². The van der Waals surface area contributed by atoms with Gasteiger partial charge in [0.15, 0.2) is 0 Å². The van der Waals surface area contributed by atoms with Crippen LogP contribution in [-0.4, -0.2) is 49.7 Å². The molecule has 5 nitrogen and oxygen atoms in total. The molecule has 2 heterocycles. The number of carbonyl (C=O) groups excluding carboxylic acids is 1. The van der Waals surface area contributed by atoms with E-state index in [1.807, 2.05) is 37.3 Å². The lowest BCUT2D eigenvalue weighted by molar-refractivity contribution is -0.132. The number of carbonyl (C=O) groups is 1. The predicted octanol–water partition coefficient (Wildman–Crippen LogP) is 3.18. The van der Waals surface area contributed by atoms with Gasteiger partial charge in [-0.05, 0) is 37.1 Å². The maximum absolute atomic E-state index is 12.6. The standard InChI is InChI=1S/C18H21ClN2O3S2/c1-14-6-9-18(25-14)26(23,24)21-12-10-20(11-13-21)17(22)8-7-15-4-2-3-5-16(15)19/h2-6,9H,7-8,10-13H2,1H3. The Balaban J connectivity index is 1.55. The molecule has 0 atom stereocenters. The molecule has 1 saturated heterocycles. The highest BCUT2D eigenvalue weighted by Gasteiger charge is 2.30. The van der Waals surface area contributed by atoms with Gasteiger partial charge in [-0.3, -0.25) is 4.79 Å². The Bertz CT molecular complexity index is 887. The molecule has 0 spiro atoms. The summed E-state index contributed by atoms with van der Waals surface area (Å²) >= 11 is 7.41. The van der Waals surface area contributed by atoms with Gasteiger partial charge in [0, 0.05) is 42.5 Å². The Morgan fingerprint density at radius 3 is 2.42 bits per heavy atom. The molecular weight excluding hydrogens is 392 g/mol. The molecule has 1 aromatic carbocycles. The first-order chi connectivity index (χ1) is 12.4. The molecule has 0 N–H and O–H groups in total. The van der Waals surface area contributed by atoms with E-state index in [1.54, 1.807) is 11.0 Å². The van der Waals surface area contributed by atoms with Gasteiger partial charge in [-0.15, -0.1) is 11.3 Å². The minimum absolute atomic E-state index is 0.0361. The van der Waals surface area contributed by atoms with Crippen molar-refractivity contribution in [1.29, 1.82) is 0 Å². The number of hydrogen-bond acceptors (Lipinski definition) is 4. The summed E-state index contributed by atoms with van der Waals surface area (Å²) in [6.45, 7) is 3.39. The Morgan fingerprint density at radius 1 is 1.12 bits per heavy atom. The number of aryl methyl sites for hydroxylation is 2. The van der Waals surface area contributed by atoms with Crippen LogP contribution in [0.25, 0.3) is 0 Å². The van der Waals surface area contributed by atoms with Crippen LogP contribution in [0.1, 0.15) is 16.9 Å². The predicted molar refractivity (Wildman–Crippen MR) is 104 cm³/mol. The van der Waals surface area contributed by atoms with Gasteiger partial charge in [-0.2, -0.15) is 4.31 Å². The fourth-order valence-corrected chi connectivity index (χ4v) is 6.05. The molecule has 1 aromatic heterocycles. The van der Waals surface area contributed by atoms with Crippen LogP contribution in [0.2, 0.25) is 5.02 Å². The molecular formula is C18H21ClN2O3S2. The van der Waals surface area contributed by atoms with Crippen molar-refractivity contribution in [2.75, 3.05) is 26.2 Å². The number of sulfonamides is 1. The summed E-state index contributed by atoms with van der Waals surface area (Å²) in [5, 5.41) is 0.669. The Morgan fingerprint density at radius 2 is 1.81 bits per heavy atom. The van der Waals surface area contributed by atoms with Gasteiger partial charge in [-0.1, -0.05) is 29.8 Å². The number of nitrogens with zero attached hydrogens (tertiary/aromatic N) is 2. The lowest BCUT2D eigenvalue weighted by Gasteiger charge is -2.33. The van der Waals surface area contributed by atoms with Crippen molar-refractivity contribution < 1.29 is 13.2 Å². The molecule has 0 unspecified atom stereocenters. The topological polar surface area (TPSA) is 57.7 Å². The second-order valence-corrected chi connectivity index (χ2v) is 10.1. The number of benzene rings is 1. The number of halogens is 1. The highest BCUT2D eigenvalue weighted by molar-refractivity contribution is 7.91. The van der Waals surface area contributed by atoms with Gasteiger partial charge in [0.25, 0.3) is 10.0 Å². The third-order valence-corrected chi connectivity index (χ3v) is 8.20. The third-order valence-electron chi connectivity index (χ3n) is 4.47. The minimum Gasteiger partial charge on any atom is -0.340 e. The molecule has 0 saturated carbocycles. The normalized spacial score (nSPS) is 16.0. The van der Waals surface area contributed by atoms with E-state index in [9.17, 15) is 13.2 Å². The van der Waals surface area contributed by atoms with Gasteiger partial charge in [0.1, 0.15) is 4.21 Å². The molecule has 3 rings (SSSR count). The Hall–Kier alpha value is -1.41. The monoisotopic (exact) mass is 412 g/mol. The molecule has 26 heavy (non-hydrogen) atoms. The number of thiophene rings is 1. The van der Waals surface area contributed by atoms with Crippen molar-refractivity contribution in [3.63, 3.8) is 0 Å². The molecule has 0 aliphatic carbocycles. The zero-order valence-corrected chi connectivity index (χ0v) is 16.9. The summed E-state index contributed by atoms with van der Waals surface area (Å²) in [5.74, 6) is 0.0361. The van der Waals surface area contributed by atoms with E-state index >= 15 is 0 Å². The molecule has 8 heteroatoms. The largest absolute Gasteiger partial charge is 0.340 e. The van der Waals surface area contributed by atoms with Gasteiger partial charge in [0.05, 0.1) is 0 Å². The number of piperazine rings is 1. The van der Waals surface area contributed by atoms with Crippen molar-refractivity contribution in [2.24, 2.45) is 0 Å². The van der Waals surface area contributed by atoms with Gasteiger partial charge in [0.2, 0.25) is 5.91 Å². The van der Waals surface area contributed by atoms with Crippen LogP contribution < -0.4 is 0 Å². The summed E-state index contributed by atoms with van der Waals surface area (Å²) in [6.07, 6.45) is 0.964. The Kier molecular flexibility index (Phi) is 6.02. The van der Waals surface area contributed by atoms with E-state index in [2.05, 4.69) is 0 Å². The first-order valence-corrected chi connectivity index (χ1v) is 11.1. The fourth-order valence-electron chi connectivity index (χ4n) is 2.96. The lowest BCUT2D eigenvalue weighted by Crippen LogP contribution is -2.50. The maximum Gasteiger partial charge on any atom is 0.252 e. The van der Waals surface area contributed by atoms with Crippen LogP contribution in [0.4, 0.5) is 0 Å². The van der Waals surface area contributed by atoms with Crippen LogP contribution in [-0.2, 0) is 21.2 Å². The highest BCUT2D eigenvalue weighted by atomic mass is 35.5. The molecule has 2 aromatic rings. The molecule has 0 radical (unpaired) electrons. The quantitative estimate of drug-likeness (QED) is 0.757. The molecule has 1 aliphatic rings. The number of amides is 1. The van der Waals surface area contributed by atoms with E-state index in [-0.39, 0.29) is 5.91 Å². The highest BCUT2D eigenvalue weighted by Crippen LogP contribution is 2.25. The van der Waals surface area contributed by atoms with E-state index in [4.69, 9.17) is 11.6 Å². The zero-order chi connectivity index (χ0) is 18.7. The first-order valence-electron chi connectivity index (χ1n) is 8.46. The fraction of sp³-hybridized carbons (Fsp3) is 0.389. The van der Waals surface area contributed by atoms with Crippen molar-refractivity contribution in [1.82, 2.24) is 9.21 Å². The average Bonchev–Trinajstić information content (AvgIpc) is 3.08. The van der Waals surface area contributed by atoms with Crippen molar-refractivity contribution >= 4 is 38.9 Å². The molecule has 1 aliphatic heterocycles. The summed E-state index contributed by atoms with van der Waals surface area (Å²) in [4.78, 5) is 15.1. The maximum atomic E-state index is 12.6. The summed E-state index contributed by atoms with van der Waals surface area (Å²) in [7, 11) is -3.45. The van der Waals surface area contributed by atoms with E-state index in [0.717, 1.165) is 10.4 Å². The van der Waals surface area contributed by atoms with Gasteiger partial charge >= 0.3 is 0 Å². The molecule has 1 amide bonds. The summed E-state index contributed by atoms with van der Waals surface area (Å²) in [6, 6.07) is 11.0. The summed E-state index contributed by atoms with van der Waals surface area (Å²) in [5.41, 5.74) is 0.955. The minimum atomic E-state index is -3.45. The zero-order valence-electron chi connectivity index (χ0n) is 14.5. The SMILES string of the molecule is Cc1ccc(S(=O)(=O)N2CCN(C(=O)CCc3ccccc3Cl)CC2)s1. The lowest BCUT2D eigenvalue weighted by atomic mass is 10.1. The number of hydrogen-bond donors (Lipinski definition) is 0. The molecule has 140 valence electrons. The first kappa shape index (κ1) is 19.4. The van der Waals surface area contributed by atoms with E-state index < -0.39 is 10.0 Å². The van der Waals surface area contributed by atoms with Crippen LogP contribution in [0.15, 0.2) is 40.6 Å². The van der Waals surface area contributed by atoms with Gasteiger partial charge in [-0.25, -0.2) is 8.42 Å². The smallest absolute Gasteiger partial charge is 0.252 e. The number of rotatable bonds is 5. The Labute approximate surface area is 163 Å². The van der Waals surface area contributed by atoms with Crippen LogP contribution >= 0.6 is 22.9 Å². The summed E-state index contributed by atoms with van der Waals surface area (Å²) < 4.78 is 27.1. The van der Waals surface area contributed by atoms with Crippen molar-refractivity contribution in [2.45, 2.75) is 24.0 Å². The average molecular weight is 413 g/mol. The second kappa shape index (κ2) is 8.08. The van der Waals surface area contributed by atoms with Crippen LogP contribution in [0.3, 0.4) is 0 Å². The van der Waals surface area contributed by atoms with E-state index in [0.29, 0.717) is 48.3 Å². The van der Waals surface area contributed by atoms with Crippen molar-refractivity contribution in [3.8, 4) is 0 Å². The molecule has 0 bridgehead atoms. The van der Waals surface area contributed by atoms with Crippen molar-refractivity contribution in [3.05, 3.63) is 51.9 Å². The third kappa shape index (κ3) is 4.28. The van der Waals surface area contributed by atoms with E-state index in [1.165, 1.54) is 15.6 Å².